The first-order chi connectivity index (χ1) is 9.29. The molecule has 19 heavy (non-hydrogen) atoms. The molecule has 1 unspecified atom stereocenters. The molecular weight excluding hydrogens is 252 g/mol. The molecule has 3 rings (SSSR count). The average molecular weight is 272 g/mol. The van der Waals surface area contributed by atoms with Gasteiger partial charge in [0.1, 0.15) is 5.01 Å². The smallest absolute Gasteiger partial charge is 0.114 e. The summed E-state index contributed by atoms with van der Waals surface area (Å²) in [6.45, 7) is 5.19. The van der Waals surface area contributed by atoms with Gasteiger partial charge in [-0.15, -0.1) is 11.3 Å². The van der Waals surface area contributed by atoms with E-state index in [-0.39, 0.29) is 6.04 Å². The third kappa shape index (κ3) is 2.72. The first kappa shape index (κ1) is 12.8. The monoisotopic (exact) mass is 272 g/mol. The Bertz CT molecular complexity index is 557. The molecule has 0 bridgehead atoms. The summed E-state index contributed by atoms with van der Waals surface area (Å²) < 4.78 is 0. The van der Waals surface area contributed by atoms with Crippen LogP contribution in [0.5, 0.6) is 0 Å². The van der Waals surface area contributed by atoms with Gasteiger partial charge < -0.3 is 5.32 Å². The lowest BCUT2D eigenvalue weighted by Gasteiger charge is -2.19. The van der Waals surface area contributed by atoms with Crippen LogP contribution in [0.15, 0.2) is 29.6 Å². The Balaban J connectivity index is 2.00. The molecule has 1 heterocycles. The molecule has 100 valence electrons. The number of thiazole rings is 1. The van der Waals surface area contributed by atoms with E-state index in [9.17, 15) is 0 Å². The van der Waals surface area contributed by atoms with Crippen LogP contribution in [0, 0.1) is 6.92 Å². The SMILES string of the molecule is CCNC(c1nc(C)cs1)c1ccccc1C1CC1. The van der Waals surface area contributed by atoms with Crippen molar-refractivity contribution in [3.63, 3.8) is 0 Å². The molecule has 1 aromatic heterocycles. The van der Waals surface area contributed by atoms with Crippen molar-refractivity contribution in [2.24, 2.45) is 0 Å². The zero-order valence-corrected chi connectivity index (χ0v) is 12.3. The fraction of sp³-hybridized carbons (Fsp3) is 0.438. The topological polar surface area (TPSA) is 24.9 Å². The molecule has 0 radical (unpaired) electrons. The van der Waals surface area contributed by atoms with Crippen LogP contribution in [0.1, 0.15) is 53.6 Å². The molecule has 1 aliphatic rings. The van der Waals surface area contributed by atoms with E-state index < -0.39 is 0 Å². The zero-order valence-electron chi connectivity index (χ0n) is 11.5. The molecule has 1 atom stereocenters. The van der Waals surface area contributed by atoms with E-state index in [0.29, 0.717) is 0 Å². The van der Waals surface area contributed by atoms with Gasteiger partial charge in [-0.05, 0) is 43.4 Å². The molecule has 0 spiro atoms. The molecule has 2 nitrogen and oxygen atoms in total. The minimum atomic E-state index is 0.250. The summed E-state index contributed by atoms with van der Waals surface area (Å²) >= 11 is 1.76. The van der Waals surface area contributed by atoms with Crippen molar-refractivity contribution in [3.8, 4) is 0 Å². The largest absolute Gasteiger partial charge is 0.305 e. The third-order valence-corrected chi connectivity index (χ3v) is 4.64. The van der Waals surface area contributed by atoms with Crippen LogP contribution in [0.3, 0.4) is 0 Å². The third-order valence-electron chi connectivity index (χ3n) is 3.62. The van der Waals surface area contributed by atoms with E-state index in [1.165, 1.54) is 29.0 Å². The molecule has 1 aromatic carbocycles. The molecule has 1 saturated carbocycles. The first-order valence-corrected chi connectivity index (χ1v) is 7.91. The van der Waals surface area contributed by atoms with Gasteiger partial charge in [-0.1, -0.05) is 31.2 Å². The number of benzene rings is 1. The number of nitrogens with zero attached hydrogens (tertiary/aromatic N) is 1. The van der Waals surface area contributed by atoms with Crippen molar-refractivity contribution in [2.45, 2.75) is 38.6 Å². The van der Waals surface area contributed by atoms with Gasteiger partial charge in [-0.3, -0.25) is 0 Å². The maximum atomic E-state index is 4.68. The van der Waals surface area contributed by atoms with Crippen molar-refractivity contribution >= 4 is 11.3 Å². The van der Waals surface area contributed by atoms with Crippen molar-refractivity contribution in [3.05, 3.63) is 51.5 Å². The highest BCUT2D eigenvalue weighted by Gasteiger charge is 2.29. The number of rotatable bonds is 5. The summed E-state index contributed by atoms with van der Waals surface area (Å²) in [7, 11) is 0. The molecule has 0 aliphatic heterocycles. The van der Waals surface area contributed by atoms with Gasteiger partial charge in [0, 0.05) is 11.1 Å². The van der Waals surface area contributed by atoms with Crippen LogP contribution in [0.4, 0.5) is 0 Å². The van der Waals surface area contributed by atoms with Crippen LogP contribution in [0.25, 0.3) is 0 Å². The second kappa shape index (κ2) is 5.43. The summed E-state index contributed by atoms with van der Waals surface area (Å²) in [4.78, 5) is 4.68. The summed E-state index contributed by atoms with van der Waals surface area (Å²) in [6.07, 6.45) is 2.68. The summed E-state index contributed by atoms with van der Waals surface area (Å²) in [5.41, 5.74) is 4.05. The van der Waals surface area contributed by atoms with Crippen LogP contribution in [-0.4, -0.2) is 11.5 Å². The Hall–Kier alpha value is -1.19. The number of nitrogens with one attached hydrogen (secondary N) is 1. The quantitative estimate of drug-likeness (QED) is 0.889. The maximum Gasteiger partial charge on any atom is 0.114 e. The highest BCUT2D eigenvalue weighted by atomic mass is 32.1. The molecule has 1 aliphatic carbocycles. The summed E-state index contributed by atoms with van der Waals surface area (Å²) in [5.74, 6) is 0.776. The lowest BCUT2D eigenvalue weighted by Crippen LogP contribution is -2.23. The lowest BCUT2D eigenvalue weighted by molar-refractivity contribution is 0.620. The fourth-order valence-electron chi connectivity index (χ4n) is 2.58. The highest BCUT2D eigenvalue weighted by Crippen LogP contribution is 2.43. The van der Waals surface area contributed by atoms with Gasteiger partial charge in [-0.2, -0.15) is 0 Å². The summed E-state index contributed by atoms with van der Waals surface area (Å²) in [6, 6.07) is 9.11. The molecule has 1 N–H and O–H groups in total. The molecular formula is C16H20N2S. The predicted molar refractivity (Wildman–Crippen MR) is 80.8 cm³/mol. The Morgan fingerprint density at radius 3 is 2.79 bits per heavy atom. The Morgan fingerprint density at radius 2 is 2.16 bits per heavy atom. The predicted octanol–water partition coefficient (Wildman–Crippen LogP) is 4.03. The van der Waals surface area contributed by atoms with E-state index >= 15 is 0 Å². The maximum absolute atomic E-state index is 4.68. The number of aromatic nitrogens is 1. The number of aryl methyl sites for hydroxylation is 1. The minimum absolute atomic E-state index is 0.250. The second-order valence-electron chi connectivity index (χ2n) is 5.22. The van der Waals surface area contributed by atoms with Crippen molar-refractivity contribution < 1.29 is 0 Å². The van der Waals surface area contributed by atoms with Gasteiger partial charge in [0.25, 0.3) is 0 Å². The van der Waals surface area contributed by atoms with E-state index in [4.69, 9.17) is 0 Å². The molecule has 1 fully saturated rings. The van der Waals surface area contributed by atoms with Gasteiger partial charge in [0.05, 0.1) is 6.04 Å². The number of hydrogen-bond donors (Lipinski definition) is 1. The van der Waals surface area contributed by atoms with E-state index in [1.54, 1.807) is 11.3 Å². The Labute approximate surface area is 118 Å². The molecule has 2 aromatic rings. The average Bonchev–Trinajstić information content (AvgIpc) is 3.19. The van der Waals surface area contributed by atoms with Gasteiger partial charge in [0.2, 0.25) is 0 Å². The number of hydrogen-bond acceptors (Lipinski definition) is 3. The molecule has 0 saturated heterocycles. The van der Waals surface area contributed by atoms with E-state index in [2.05, 4.69) is 53.8 Å². The first-order valence-electron chi connectivity index (χ1n) is 7.03. The highest BCUT2D eigenvalue weighted by molar-refractivity contribution is 7.09. The van der Waals surface area contributed by atoms with Crippen LogP contribution < -0.4 is 5.32 Å². The van der Waals surface area contributed by atoms with Crippen molar-refractivity contribution in [2.75, 3.05) is 6.54 Å². The van der Waals surface area contributed by atoms with E-state index in [1.807, 2.05) is 0 Å². The van der Waals surface area contributed by atoms with Crippen molar-refractivity contribution in [1.29, 1.82) is 0 Å². The van der Waals surface area contributed by atoms with Crippen LogP contribution in [-0.2, 0) is 0 Å². The molecule has 3 heteroatoms. The Kier molecular flexibility index (Phi) is 3.67. The van der Waals surface area contributed by atoms with Crippen LogP contribution in [0.2, 0.25) is 0 Å². The van der Waals surface area contributed by atoms with Gasteiger partial charge >= 0.3 is 0 Å². The van der Waals surface area contributed by atoms with Gasteiger partial charge in [-0.25, -0.2) is 4.98 Å². The zero-order chi connectivity index (χ0) is 13.2. The van der Waals surface area contributed by atoms with Crippen LogP contribution >= 0.6 is 11.3 Å². The second-order valence-corrected chi connectivity index (χ2v) is 6.11. The minimum Gasteiger partial charge on any atom is -0.305 e. The Morgan fingerprint density at radius 1 is 1.37 bits per heavy atom. The summed E-state index contributed by atoms with van der Waals surface area (Å²) in [5, 5.41) is 6.93. The van der Waals surface area contributed by atoms with Crippen molar-refractivity contribution in [1.82, 2.24) is 10.3 Å². The fourth-order valence-corrected chi connectivity index (χ4v) is 3.47. The normalized spacial score (nSPS) is 16.5. The lowest BCUT2D eigenvalue weighted by atomic mass is 9.97. The van der Waals surface area contributed by atoms with Gasteiger partial charge in [0.15, 0.2) is 0 Å². The van der Waals surface area contributed by atoms with E-state index in [0.717, 1.165) is 18.2 Å². The molecule has 0 amide bonds. The standard InChI is InChI=1S/C16H20N2S/c1-3-17-15(16-18-11(2)10-19-16)14-7-5-4-6-13(14)12-8-9-12/h4-7,10,12,15,17H,3,8-9H2,1-2H3.